The molecule has 2 aromatic rings. The van der Waals surface area contributed by atoms with E-state index in [2.05, 4.69) is 53.4 Å². The minimum atomic E-state index is 0.794. The zero-order valence-electron chi connectivity index (χ0n) is 9.75. The number of aromatic nitrogens is 2. The third-order valence-electron chi connectivity index (χ3n) is 2.50. The second-order valence-electron chi connectivity index (χ2n) is 3.89. The summed E-state index contributed by atoms with van der Waals surface area (Å²) in [5.41, 5.74) is 3.53. The molecule has 0 saturated carbocycles. The fourth-order valence-electron chi connectivity index (χ4n) is 1.66. The molecule has 3 nitrogen and oxygen atoms in total. The molecule has 0 saturated heterocycles. The fraction of sp³-hybridized carbons (Fsp3) is 0.308. The molecule has 2 rings (SSSR count). The van der Waals surface area contributed by atoms with Crippen molar-refractivity contribution < 1.29 is 0 Å². The van der Waals surface area contributed by atoms with Crippen LogP contribution >= 0.6 is 0 Å². The standard InChI is InChI=1S/C13H17N3/c1-3-14-9-13-15-8-12(16-13)11-6-4-5-10(2)7-11/h4-8,14H,3,9H2,1-2H3,(H,15,16). The molecular weight excluding hydrogens is 198 g/mol. The number of H-pyrrole nitrogens is 1. The van der Waals surface area contributed by atoms with Gasteiger partial charge in [-0.25, -0.2) is 4.98 Å². The maximum atomic E-state index is 4.34. The third kappa shape index (κ3) is 2.49. The average Bonchev–Trinajstić information content (AvgIpc) is 2.75. The lowest BCUT2D eigenvalue weighted by molar-refractivity contribution is 0.698. The summed E-state index contributed by atoms with van der Waals surface area (Å²) in [6, 6.07) is 8.41. The number of aromatic amines is 1. The molecule has 1 aromatic heterocycles. The largest absolute Gasteiger partial charge is 0.341 e. The molecule has 2 N–H and O–H groups in total. The predicted octanol–water partition coefficient (Wildman–Crippen LogP) is 2.49. The van der Waals surface area contributed by atoms with Gasteiger partial charge in [-0.1, -0.05) is 30.7 Å². The van der Waals surface area contributed by atoms with Crippen LogP contribution in [0.5, 0.6) is 0 Å². The van der Waals surface area contributed by atoms with Crippen molar-refractivity contribution in [3.8, 4) is 11.3 Å². The lowest BCUT2D eigenvalue weighted by Crippen LogP contribution is -2.12. The molecule has 0 radical (unpaired) electrons. The Morgan fingerprint density at radius 3 is 3.00 bits per heavy atom. The van der Waals surface area contributed by atoms with Crippen molar-refractivity contribution in [2.24, 2.45) is 0 Å². The van der Waals surface area contributed by atoms with Crippen molar-refractivity contribution in [3.05, 3.63) is 41.9 Å². The zero-order chi connectivity index (χ0) is 11.4. The Balaban J connectivity index is 2.18. The van der Waals surface area contributed by atoms with Crippen LogP contribution in [0, 0.1) is 6.92 Å². The first-order chi connectivity index (χ1) is 7.79. The minimum absolute atomic E-state index is 0.794. The average molecular weight is 215 g/mol. The smallest absolute Gasteiger partial charge is 0.120 e. The van der Waals surface area contributed by atoms with Gasteiger partial charge in [0, 0.05) is 0 Å². The molecule has 16 heavy (non-hydrogen) atoms. The van der Waals surface area contributed by atoms with Crippen molar-refractivity contribution in [2.75, 3.05) is 6.54 Å². The van der Waals surface area contributed by atoms with Gasteiger partial charge in [-0.15, -0.1) is 0 Å². The van der Waals surface area contributed by atoms with Gasteiger partial charge in [-0.3, -0.25) is 0 Å². The fourth-order valence-corrected chi connectivity index (χ4v) is 1.66. The van der Waals surface area contributed by atoms with E-state index in [0.29, 0.717) is 0 Å². The molecule has 1 aromatic carbocycles. The lowest BCUT2D eigenvalue weighted by atomic mass is 10.1. The number of nitrogens with one attached hydrogen (secondary N) is 2. The molecule has 84 valence electrons. The van der Waals surface area contributed by atoms with E-state index in [0.717, 1.165) is 24.6 Å². The number of imidazole rings is 1. The molecule has 3 heteroatoms. The van der Waals surface area contributed by atoms with Gasteiger partial charge in [0.1, 0.15) is 5.82 Å². The zero-order valence-corrected chi connectivity index (χ0v) is 9.75. The maximum Gasteiger partial charge on any atom is 0.120 e. The Bertz CT molecular complexity index is 460. The molecule has 0 amide bonds. The molecule has 0 unspecified atom stereocenters. The van der Waals surface area contributed by atoms with Gasteiger partial charge >= 0.3 is 0 Å². The van der Waals surface area contributed by atoms with Gasteiger partial charge in [0.05, 0.1) is 18.4 Å². The maximum absolute atomic E-state index is 4.34. The number of benzene rings is 1. The number of hydrogen-bond donors (Lipinski definition) is 2. The summed E-state index contributed by atoms with van der Waals surface area (Å²) in [6.07, 6.45) is 1.89. The summed E-state index contributed by atoms with van der Waals surface area (Å²) in [6.45, 7) is 5.94. The Labute approximate surface area is 95.9 Å². The van der Waals surface area contributed by atoms with Crippen LogP contribution in [0.25, 0.3) is 11.3 Å². The molecule has 0 aliphatic heterocycles. The topological polar surface area (TPSA) is 40.7 Å². The van der Waals surface area contributed by atoms with E-state index in [1.807, 2.05) is 6.20 Å². The van der Waals surface area contributed by atoms with E-state index in [1.54, 1.807) is 0 Å². The van der Waals surface area contributed by atoms with Crippen LogP contribution < -0.4 is 5.32 Å². The van der Waals surface area contributed by atoms with Crippen LogP contribution in [-0.4, -0.2) is 16.5 Å². The summed E-state index contributed by atoms with van der Waals surface area (Å²) in [5, 5.41) is 3.25. The minimum Gasteiger partial charge on any atom is -0.341 e. The Morgan fingerprint density at radius 2 is 2.25 bits per heavy atom. The van der Waals surface area contributed by atoms with Crippen molar-refractivity contribution in [1.82, 2.24) is 15.3 Å². The van der Waals surface area contributed by atoms with Gasteiger partial charge < -0.3 is 10.3 Å². The number of rotatable bonds is 4. The SMILES string of the molecule is CCNCc1ncc(-c2cccc(C)c2)[nH]1. The van der Waals surface area contributed by atoms with Gasteiger partial charge in [0.2, 0.25) is 0 Å². The molecule has 0 bridgehead atoms. The molecule has 0 aliphatic rings. The first kappa shape index (κ1) is 10.9. The summed E-state index contributed by atoms with van der Waals surface area (Å²) in [5.74, 6) is 0.985. The van der Waals surface area contributed by atoms with Crippen molar-refractivity contribution in [1.29, 1.82) is 0 Å². The van der Waals surface area contributed by atoms with Gasteiger partial charge in [0.25, 0.3) is 0 Å². The van der Waals surface area contributed by atoms with Gasteiger partial charge in [-0.2, -0.15) is 0 Å². The molecule has 0 atom stereocenters. The molecule has 1 heterocycles. The van der Waals surface area contributed by atoms with Crippen LogP contribution in [0.3, 0.4) is 0 Å². The third-order valence-corrected chi connectivity index (χ3v) is 2.50. The molecule has 0 aliphatic carbocycles. The summed E-state index contributed by atoms with van der Waals surface area (Å²) in [7, 11) is 0. The highest BCUT2D eigenvalue weighted by molar-refractivity contribution is 5.59. The number of nitrogens with zero attached hydrogens (tertiary/aromatic N) is 1. The Kier molecular flexibility index (Phi) is 3.37. The number of aryl methyl sites for hydroxylation is 1. The highest BCUT2D eigenvalue weighted by atomic mass is 15.0. The normalized spacial score (nSPS) is 10.6. The van der Waals surface area contributed by atoms with Crippen LogP contribution in [-0.2, 0) is 6.54 Å². The van der Waals surface area contributed by atoms with E-state index in [1.165, 1.54) is 11.1 Å². The molecular formula is C13H17N3. The lowest BCUT2D eigenvalue weighted by Gasteiger charge is -1.99. The highest BCUT2D eigenvalue weighted by Crippen LogP contribution is 2.17. The van der Waals surface area contributed by atoms with Crippen LogP contribution in [0.15, 0.2) is 30.5 Å². The van der Waals surface area contributed by atoms with Crippen LogP contribution in [0.2, 0.25) is 0 Å². The second kappa shape index (κ2) is 4.94. The summed E-state index contributed by atoms with van der Waals surface area (Å²) in [4.78, 5) is 7.66. The van der Waals surface area contributed by atoms with E-state index >= 15 is 0 Å². The van der Waals surface area contributed by atoms with Crippen molar-refractivity contribution >= 4 is 0 Å². The van der Waals surface area contributed by atoms with Crippen LogP contribution in [0.4, 0.5) is 0 Å². The predicted molar refractivity (Wildman–Crippen MR) is 66.1 cm³/mol. The molecule has 0 fully saturated rings. The van der Waals surface area contributed by atoms with E-state index in [4.69, 9.17) is 0 Å². The first-order valence-corrected chi connectivity index (χ1v) is 5.61. The highest BCUT2D eigenvalue weighted by Gasteiger charge is 2.02. The summed E-state index contributed by atoms with van der Waals surface area (Å²) >= 11 is 0. The Hall–Kier alpha value is -1.61. The second-order valence-corrected chi connectivity index (χ2v) is 3.89. The summed E-state index contributed by atoms with van der Waals surface area (Å²) < 4.78 is 0. The van der Waals surface area contributed by atoms with Gasteiger partial charge in [-0.05, 0) is 25.1 Å². The quantitative estimate of drug-likeness (QED) is 0.822. The van der Waals surface area contributed by atoms with E-state index in [9.17, 15) is 0 Å². The van der Waals surface area contributed by atoms with E-state index in [-0.39, 0.29) is 0 Å². The van der Waals surface area contributed by atoms with E-state index < -0.39 is 0 Å². The van der Waals surface area contributed by atoms with Gasteiger partial charge in [0.15, 0.2) is 0 Å². The Morgan fingerprint density at radius 1 is 1.38 bits per heavy atom. The van der Waals surface area contributed by atoms with Crippen molar-refractivity contribution in [3.63, 3.8) is 0 Å². The first-order valence-electron chi connectivity index (χ1n) is 5.61. The van der Waals surface area contributed by atoms with Crippen LogP contribution in [0.1, 0.15) is 18.3 Å². The monoisotopic (exact) mass is 215 g/mol. The number of hydrogen-bond acceptors (Lipinski definition) is 2. The molecule has 0 spiro atoms. The van der Waals surface area contributed by atoms with Crippen molar-refractivity contribution in [2.45, 2.75) is 20.4 Å².